The van der Waals surface area contributed by atoms with E-state index in [0.717, 1.165) is 16.5 Å². The van der Waals surface area contributed by atoms with Crippen molar-refractivity contribution >= 4 is 17.0 Å². The molecule has 0 radical (unpaired) electrons. The summed E-state index contributed by atoms with van der Waals surface area (Å²) in [5.41, 5.74) is 1.98. The number of aromatic nitrogens is 3. The predicted molar refractivity (Wildman–Crippen MR) is 94.1 cm³/mol. The number of carbonyl (C=O) groups is 1. The van der Waals surface area contributed by atoms with Crippen LogP contribution in [-0.4, -0.2) is 44.1 Å². The quantitative estimate of drug-likeness (QED) is 0.511. The van der Waals surface area contributed by atoms with E-state index in [1.807, 2.05) is 30.3 Å². The number of rotatable bonds is 7. The summed E-state index contributed by atoms with van der Waals surface area (Å²) in [5.74, 6) is 0. The maximum Gasteiger partial charge on any atom is 0.407 e. The van der Waals surface area contributed by atoms with E-state index in [9.17, 15) is 15.0 Å². The molecule has 1 amide bonds. The Morgan fingerprint density at radius 1 is 1.23 bits per heavy atom. The maximum atomic E-state index is 11.7. The summed E-state index contributed by atoms with van der Waals surface area (Å²) in [7, 11) is 0. The highest BCUT2D eigenvalue weighted by Gasteiger charge is 2.20. The van der Waals surface area contributed by atoms with E-state index in [-0.39, 0.29) is 19.6 Å². The number of ether oxygens (including phenoxy) is 1. The molecule has 3 aromatic rings. The third-order valence-electron chi connectivity index (χ3n) is 3.94. The summed E-state index contributed by atoms with van der Waals surface area (Å²) >= 11 is 0. The molecule has 2 atom stereocenters. The molecular weight excluding hydrogens is 336 g/mol. The van der Waals surface area contributed by atoms with Crippen molar-refractivity contribution < 1.29 is 19.7 Å². The number of nitrogens with zero attached hydrogens (tertiary/aromatic N) is 2. The number of aliphatic hydroxyl groups excluding tert-OH is 2. The average Bonchev–Trinajstić information content (AvgIpc) is 3.14. The second kappa shape index (κ2) is 8.41. The number of hydrogen-bond donors (Lipinski definition) is 4. The van der Waals surface area contributed by atoms with Crippen LogP contribution in [0.5, 0.6) is 0 Å². The van der Waals surface area contributed by atoms with Crippen LogP contribution >= 0.6 is 0 Å². The molecule has 0 aliphatic rings. The van der Waals surface area contributed by atoms with Crippen molar-refractivity contribution in [1.29, 1.82) is 0 Å². The lowest BCUT2D eigenvalue weighted by Crippen LogP contribution is -2.30. The van der Waals surface area contributed by atoms with Crippen LogP contribution < -0.4 is 5.32 Å². The first kappa shape index (κ1) is 17.8. The van der Waals surface area contributed by atoms with Gasteiger partial charge in [0.15, 0.2) is 0 Å². The molecular formula is C18H20N4O4. The van der Waals surface area contributed by atoms with Gasteiger partial charge in [0.25, 0.3) is 0 Å². The van der Waals surface area contributed by atoms with Gasteiger partial charge in [-0.15, -0.1) is 0 Å². The van der Waals surface area contributed by atoms with Crippen LogP contribution in [0.4, 0.5) is 4.79 Å². The Kier molecular flexibility index (Phi) is 5.77. The molecule has 0 aliphatic heterocycles. The number of H-pyrrole nitrogens is 1. The molecule has 0 saturated heterocycles. The van der Waals surface area contributed by atoms with Crippen molar-refractivity contribution in [3.63, 3.8) is 0 Å². The van der Waals surface area contributed by atoms with Crippen molar-refractivity contribution in [2.75, 3.05) is 6.54 Å². The van der Waals surface area contributed by atoms with Gasteiger partial charge in [0, 0.05) is 11.9 Å². The molecule has 8 nitrogen and oxygen atoms in total. The average molecular weight is 356 g/mol. The normalized spacial score (nSPS) is 13.3. The summed E-state index contributed by atoms with van der Waals surface area (Å²) in [6.45, 7) is 0.340. The SMILES string of the molecule is O=C(NCCC(O)C(O)c1cc2cn[nH]c2cn1)OCc1ccccc1. The summed E-state index contributed by atoms with van der Waals surface area (Å²) in [6, 6.07) is 11.0. The summed E-state index contributed by atoms with van der Waals surface area (Å²) in [5, 5.41) is 30.3. The van der Waals surface area contributed by atoms with E-state index >= 15 is 0 Å². The Morgan fingerprint density at radius 3 is 2.85 bits per heavy atom. The van der Waals surface area contributed by atoms with Gasteiger partial charge >= 0.3 is 6.09 Å². The van der Waals surface area contributed by atoms with Gasteiger partial charge in [-0.1, -0.05) is 30.3 Å². The number of alkyl carbamates (subject to hydrolysis) is 1. The molecule has 26 heavy (non-hydrogen) atoms. The first-order chi connectivity index (χ1) is 12.6. The summed E-state index contributed by atoms with van der Waals surface area (Å²) in [6.07, 6.45) is 0.523. The summed E-state index contributed by atoms with van der Waals surface area (Å²) < 4.78 is 5.08. The van der Waals surface area contributed by atoms with E-state index in [0.29, 0.717) is 5.69 Å². The molecule has 4 N–H and O–H groups in total. The third-order valence-corrected chi connectivity index (χ3v) is 3.94. The minimum atomic E-state index is -1.16. The molecule has 0 saturated carbocycles. The Balaban J connectivity index is 1.42. The second-order valence-corrected chi connectivity index (χ2v) is 5.86. The Hall–Kier alpha value is -2.97. The zero-order valence-corrected chi connectivity index (χ0v) is 14.0. The number of fused-ring (bicyclic) bond motifs is 1. The van der Waals surface area contributed by atoms with Crippen molar-refractivity contribution in [3.8, 4) is 0 Å². The van der Waals surface area contributed by atoms with Crippen molar-refractivity contribution in [2.45, 2.75) is 25.2 Å². The molecule has 2 aromatic heterocycles. The van der Waals surface area contributed by atoms with E-state index in [2.05, 4.69) is 20.5 Å². The number of aromatic amines is 1. The van der Waals surface area contributed by atoms with E-state index in [1.54, 1.807) is 18.5 Å². The predicted octanol–water partition coefficient (Wildman–Crippen LogP) is 1.67. The van der Waals surface area contributed by atoms with Gasteiger partial charge in [0.05, 0.1) is 29.7 Å². The van der Waals surface area contributed by atoms with Gasteiger partial charge in [-0.3, -0.25) is 10.1 Å². The molecule has 136 valence electrons. The lowest BCUT2D eigenvalue weighted by atomic mass is 10.1. The Bertz CT molecular complexity index is 853. The monoisotopic (exact) mass is 356 g/mol. The molecule has 8 heteroatoms. The van der Waals surface area contributed by atoms with Gasteiger partial charge in [0.2, 0.25) is 0 Å². The molecule has 1 aromatic carbocycles. The number of amides is 1. The molecule has 2 unspecified atom stereocenters. The fourth-order valence-corrected chi connectivity index (χ4v) is 2.47. The second-order valence-electron chi connectivity index (χ2n) is 5.86. The zero-order chi connectivity index (χ0) is 18.4. The van der Waals surface area contributed by atoms with Crippen LogP contribution in [0.25, 0.3) is 10.9 Å². The fraction of sp³-hybridized carbons (Fsp3) is 0.278. The van der Waals surface area contributed by atoms with Crippen molar-refractivity contribution in [2.24, 2.45) is 0 Å². The largest absolute Gasteiger partial charge is 0.445 e. The minimum Gasteiger partial charge on any atom is -0.445 e. The number of aliphatic hydroxyl groups is 2. The third kappa shape index (κ3) is 4.56. The lowest BCUT2D eigenvalue weighted by molar-refractivity contribution is 0.0112. The first-order valence-corrected chi connectivity index (χ1v) is 8.23. The number of carbonyl (C=O) groups excluding carboxylic acids is 1. The van der Waals surface area contributed by atoms with Crippen LogP contribution in [0.1, 0.15) is 23.8 Å². The van der Waals surface area contributed by atoms with E-state index < -0.39 is 18.3 Å². The first-order valence-electron chi connectivity index (χ1n) is 8.23. The smallest absolute Gasteiger partial charge is 0.407 e. The van der Waals surface area contributed by atoms with Crippen molar-refractivity contribution in [3.05, 3.63) is 60.0 Å². The number of benzene rings is 1. The molecule has 0 bridgehead atoms. The van der Waals surface area contributed by atoms with Gasteiger partial charge in [-0.2, -0.15) is 5.10 Å². The Labute approximate surface area is 149 Å². The van der Waals surface area contributed by atoms with Crippen LogP contribution in [0.15, 0.2) is 48.8 Å². The van der Waals surface area contributed by atoms with Gasteiger partial charge in [-0.25, -0.2) is 4.79 Å². The van der Waals surface area contributed by atoms with Crippen molar-refractivity contribution in [1.82, 2.24) is 20.5 Å². The van der Waals surface area contributed by atoms with Gasteiger partial charge < -0.3 is 20.3 Å². The van der Waals surface area contributed by atoms with Crippen LogP contribution in [0.3, 0.4) is 0 Å². The standard InChI is InChI=1S/C18H20N4O4/c23-16(17(24)14-8-13-9-21-22-15(13)10-20-14)6-7-19-18(25)26-11-12-4-2-1-3-5-12/h1-5,8-10,16-17,23-24H,6-7,11H2,(H,19,25)(H,21,22). The van der Waals surface area contributed by atoms with Crippen LogP contribution in [0, 0.1) is 0 Å². The molecule has 0 spiro atoms. The zero-order valence-electron chi connectivity index (χ0n) is 14.0. The summed E-state index contributed by atoms with van der Waals surface area (Å²) in [4.78, 5) is 15.8. The topological polar surface area (TPSA) is 120 Å². The van der Waals surface area contributed by atoms with Gasteiger partial charge in [0.1, 0.15) is 12.7 Å². The van der Waals surface area contributed by atoms with E-state index in [1.165, 1.54) is 0 Å². The van der Waals surface area contributed by atoms with Crippen LogP contribution in [0.2, 0.25) is 0 Å². The van der Waals surface area contributed by atoms with Crippen LogP contribution in [-0.2, 0) is 11.3 Å². The molecule has 3 rings (SSSR count). The number of hydrogen-bond acceptors (Lipinski definition) is 6. The van der Waals surface area contributed by atoms with Gasteiger partial charge in [-0.05, 0) is 18.1 Å². The highest BCUT2D eigenvalue weighted by Crippen LogP contribution is 2.20. The highest BCUT2D eigenvalue weighted by atomic mass is 16.5. The minimum absolute atomic E-state index is 0.159. The molecule has 0 aliphatic carbocycles. The molecule has 0 fully saturated rings. The van der Waals surface area contributed by atoms with E-state index in [4.69, 9.17) is 4.74 Å². The fourth-order valence-electron chi connectivity index (χ4n) is 2.47. The lowest BCUT2D eigenvalue weighted by Gasteiger charge is -2.17. The Morgan fingerprint density at radius 2 is 2.04 bits per heavy atom. The number of pyridine rings is 1. The maximum absolute atomic E-state index is 11.7. The number of nitrogens with one attached hydrogen (secondary N) is 2. The highest BCUT2D eigenvalue weighted by molar-refractivity contribution is 5.77. The molecule has 2 heterocycles.